The second kappa shape index (κ2) is 14.2. The Kier molecular flexibility index (Phi) is 10.7. The molecule has 3 aliphatic rings. The van der Waals surface area contributed by atoms with Crippen LogP contribution in [0.3, 0.4) is 0 Å². The zero-order valence-electron chi connectivity index (χ0n) is 25.0. The molecule has 2 fully saturated rings. The first kappa shape index (κ1) is 30.9. The Labute approximate surface area is 243 Å². The van der Waals surface area contributed by atoms with Crippen molar-refractivity contribution in [3.8, 4) is 17.2 Å². The predicted octanol–water partition coefficient (Wildman–Crippen LogP) is 2.49. The summed E-state index contributed by atoms with van der Waals surface area (Å²) >= 11 is 0. The lowest BCUT2D eigenvalue weighted by molar-refractivity contribution is -0.144. The van der Waals surface area contributed by atoms with Gasteiger partial charge < -0.3 is 34.0 Å². The van der Waals surface area contributed by atoms with Crippen LogP contribution >= 0.6 is 0 Å². The summed E-state index contributed by atoms with van der Waals surface area (Å²) in [5, 5.41) is 10.5. The molecule has 1 unspecified atom stereocenters. The maximum Gasteiger partial charge on any atom is 0.308 e. The number of aliphatic carboxylic acids is 1. The van der Waals surface area contributed by atoms with Crippen molar-refractivity contribution in [2.45, 2.75) is 57.4 Å². The van der Waals surface area contributed by atoms with Crippen LogP contribution < -0.4 is 14.2 Å². The topological polar surface area (TPSA) is 112 Å². The van der Waals surface area contributed by atoms with E-state index in [1.807, 2.05) is 40.9 Å². The normalized spacial score (nSPS) is 22.1. The Bertz CT molecular complexity index is 1080. The number of benzene rings is 1. The van der Waals surface area contributed by atoms with Gasteiger partial charge in [-0.2, -0.15) is 0 Å². The Morgan fingerprint density at radius 1 is 1.15 bits per heavy atom. The van der Waals surface area contributed by atoms with Gasteiger partial charge in [-0.1, -0.05) is 13.3 Å². The van der Waals surface area contributed by atoms with Gasteiger partial charge in [0.1, 0.15) is 0 Å². The minimum Gasteiger partial charge on any atom is -0.493 e. The van der Waals surface area contributed by atoms with Crippen LogP contribution in [0.25, 0.3) is 0 Å². The second-order valence-corrected chi connectivity index (χ2v) is 11.6. The molecule has 3 aliphatic heterocycles. The molecule has 228 valence electrons. The number of fused-ring (bicyclic) bond motifs is 1. The number of rotatable bonds is 15. The first-order valence-electron chi connectivity index (χ1n) is 14.9. The SMILES string of the molecule is CCCCN(CCCN(C)C)C(=O)CN1C[C@H](c2cc(OC)c3c(c2)OCO3)C(C(=O)O)[C@@H]1CCN1CCCC1=O. The molecule has 1 N–H and O–H groups in total. The van der Waals surface area contributed by atoms with Gasteiger partial charge in [0.05, 0.1) is 19.6 Å². The smallest absolute Gasteiger partial charge is 0.308 e. The van der Waals surface area contributed by atoms with Crippen molar-refractivity contribution in [1.29, 1.82) is 0 Å². The molecule has 3 atom stereocenters. The summed E-state index contributed by atoms with van der Waals surface area (Å²) in [6.07, 6.45) is 4.64. The minimum absolute atomic E-state index is 0.0208. The van der Waals surface area contributed by atoms with E-state index in [4.69, 9.17) is 14.2 Å². The largest absolute Gasteiger partial charge is 0.493 e. The van der Waals surface area contributed by atoms with Crippen molar-refractivity contribution >= 4 is 17.8 Å². The molecular formula is C30H46N4O7. The summed E-state index contributed by atoms with van der Waals surface area (Å²) < 4.78 is 16.7. The summed E-state index contributed by atoms with van der Waals surface area (Å²) in [6.45, 7) is 6.17. The maximum absolute atomic E-state index is 13.7. The Morgan fingerprint density at radius 2 is 1.93 bits per heavy atom. The summed E-state index contributed by atoms with van der Waals surface area (Å²) in [4.78, 5) is 46.8. The molecule has 4 rings (SSSR count). The van der Waals surface area contributed by atoms with Crippen LogP contribution in [0.15, 0.2) is 12.1 Å². The van der Waals surface area contributed by atoms with Crippen molar-refractivity contribution in [3.05, 3.63) is 17.7 Å². The van der Waals surface area contributed by atoms with Crippen molar-refractivity contribution in [2.75, 3.05) is 73.8 Å². The van der Waals surface area contributed by atoms with E-state index in [1.54, 1.807) is 7.11 Å². The van der Waals surface area contributed by atoms with Gasteiger partial charge >= 0.3 is 5.97 Å². The lowest BCUT2D eigenvalue weighted by Gasteiger charge is -2.31. The van der Waals surface area contributed by atoms with E-state index in [1.165, 1.54) is 0 Å². The first-order chi connectivity index (χ1) is 19.7. The number of likely N-dealkylation sites (tertiary alicyclic amines) is 2. The predicted molar refractivity (Wildman–Crippen MR) is 153 cm³/mol. The number of carbonyl (C=O) groups is 3. The first-order valence-corrected chi connectivity index (χ1v) is 14.9. The zero-order chi connectivity index (χ0) is 29.5. The number of nitrogens with zero attached hydrogens (tertiary/aromatic N) is 4. The van der Waals surface area contributed by atoms with E-state index in [9.17, 15) is 19.5 Å². The van der Waals surface area contributed by atoms with Gasteiger partial charge in [0, 0.05) is 51.1 Å². The number of amides is 2. The molecule has 2 saturated heterocycles. The van der Waals surface area contributed by atoms with Crippen LogP contribution in [-0.2, 0) is 14.4 Å². The van der Waals surface area contributed by atoms with Gasteiger partial charge in [0.15, 0.2) is 11.5 Å². The standard InChI is InChI=1S/C30H46N4O7/c1-5-6-12-32(14-8-11-31(2)3)27(36)19-34-18-22(21-16-24(39-4)29-25(17-21)40-20-41-29)28(30(37)38)23(34)10-15-33-13-7-9-26(33)35/h16-17,22-23,28H,5-15,18-20H2,1-4H3,(H,37,38)/t22-,23+,28?/m1/s1. The van der Waals surface area contributed by atoms with Crippen LogP contribution in [0.2, 0.25) is 0 Å². The Morgan fingerprint density at radius 3 is 2.59 bits per heavy atom. The third-order valence-electron chi connectivity index (χ3n) is 8.51. The molecule has 2 amide bonds. The lowest BCUT2D eigenvalue weighted by Crippen LogP contribution is -2.46. The molecule has 41 heavy (non-hydrogen) atoms. The van der Waals surface area contributed by atoms with Crippen LogP contribution in [0.1, 0.15) is 56.9 Å². The van der Waals surface area contributed by atoms with Gasteiger partial charge in [-0.3, -0.25) is 19.3 Å². The molecule has 1 aromatic carbocycles. The summed E-state index contributed by atoms with van der Waals surface area (Å²) in [5.74, 6) is -0.379. The molecule has 0 aliphatic carbocycles. The molecule has 0 spiro atoms. The van der Waals surface area contributed by atoms with Crippen molar-refractivity contribution in [1.82, 2.24) is 19.6 Å². The van der Waals surface area contributed by atoms with E-state index in [0.717, 1.165) is 37.8 Å². The number of methoxy groups -OCH3 is 1. The van der Waals surface area contributed by atoms with Crippen LogP contribution in [-0.4, -0.2) is 122 Å². The fourth-order valence-electron chi connectivity index (χ4n) is 6.34. The summed E-state index contributed by atoms with van der Waals surface area (Å²) in [5.41, 5.74) is 0.782. The molecule has 0 radical (unpaired) electrons. The fraction of sp³-hybridized carbons (Fsp3) is 0.700. The molecule has 1 aromatic rings. The van der Waals surface area contributed by atoms with Crippen molar-refractivity contribution < 1.29 is 33.7 Å². The summed E-state index contributed by atoms with van der Waals surface area (Å²) in [6, 6.07) is 3.27. The molecule has 11 nitrogen and oxygen atoms in total. The van der Waals surface area contributed by atoms with E-state index < -0.39 is 17.9 Å². The van der Waals surface area contributed by atoms with Gasteiger partial charge in [-0.25, -0.2) is 0 Å². The molecule has 3 heterocycles. The highest BCUT2D eigenvalue weighted by atomic mass is 16.7. The van der Waals surface area contributed by atoms with Gasteiger partial charge in [-0.15, -0.1) is 0 Å². The average Bonchev–Trinajstić information content (AvgIpc) is 3.67. The number of carboxylic acid groups (broad SMARTS) is 1. The van der Waals surface area contributed by atoms with E-state index in [-0.39, 0.29) is 31.1 Å². The lowest BCUT2D eigenvalue weighted by atomic mass is 9.84. The van der Waals surface area contributed by atoms with Crippen LogP contribution in [0.4, 0.5) is 0 Å². The Balaban J connectivity index is 1.60. The van der Waals surface area contributed by atoms with Crippen molar-refractivity contribution in [3.63, 3.8) is 0 Å². The van der Waals surface area contributed by atoms with E-state index in [0.29, 0.717) is 62.8 Å². The third-order valence-corrected chi connectivity index (χ3v) is 8.51. The van der Waals surface area contributed by atoms with E-state index >= 15 is 0 Å². The highest BCUT2D eigenvalue weighted by molar-refractivity contribution is 5.79. The van der Waals surface area contributed by atoms with Gasteiger partial charge in [0.2, 0.25) is 24.4 Å². The minimum atomic E-state index is -0.909. The maximum atomic E-state index is 13.7. The van der Waals surface area contributed by atoms with Crippen LogP contribution in [0, 0.1) is 5.92 Å². The fourth-order valence-corrected chi connectivity index (χ4v) is 6.34. The number of unbranched alkanes of at least 4 members (excludes halogenated alkanes) is 1. The van der Waals surface area contributed by atoms with Crippen molar-refractivity contribution in [2.24, 2.45) is 5.92 Å². The molecule has 0 saturated carbocycles. The van der Waals surface area contributed by atoms with Gasteiger partial charge in [0.25, 0.3) is 0 Å². The average molecular weight is 575 g/mol. The van der Waals surface area contributed by atoms with Crippen LogP contribution in [0.5, 0.6) is 17.2 Å². The molecule has 0 bridgehead atoms. The highest BCUT2D eigenvalue weighted by Crippen LogP contribution is 2.47. The highest BCUT2D eigenvalue weighted by Gasteiger charge is 2.48. The summed E-state index contributed by atoms with van der Waals surface area (Å²) in [7, 11) is 5.59. The molecule has 0 aromatic heterocycles. The quantitative estimate of drug-likeness (QED) is 0.338. The monoisotopic (exact) mass is 574 g/mol. The van der Waals surface area contributed by atoms with Gasteiger partial charge in [-0.05, 0) is 64.0 Å². The molecule has 11 heteroatoms. The third kappa shape index (κ3) is 7.43. The zero-order valence-corrected chi connectivity index (χ0v) is 25.0. The Hall–Kier alpha value is -3.05. The number of hydrogen-bond acceptors (Lipinski definition) is 8. The number of carbonyl (C=O) groups excluding carboxylic acids is 2. The van der Waals surface area contributed by atoms with E-state index in [2.05, 4.69) is 11.8 Å². The number of carboxylic acids is 1. The second-order valence-electron chi connectivity index (χ2n) is 11.6. The molecular weight excluding hydrogens is 528 g/mol. The number of ether oxygens (including phenoxy) is 3. The number of hydrogen-bond donors (Lipinski definition) is 1.